The van der Waals surface area contributed by atoms with Gasteiger partial charge in [0.25, 0.3) is 0 Å². The van der Waals surface area contributed by atoms with Crippen molar-refractivity contribution in [1.82, 2.24) is 5.32 Å². The van der Waals surface area contributed by atoms with Crippen LogP contribution < -0.4 is 10.1 Å². The maximum absolute atomic E-state index is 11.9. The fourth-order valence-corrected chi connectivity index (χ4v) is 3.17. The fraction of sp³-hybridized carbons (Fsp3) is 0.286. The lowest BCUT2D eigenvalue weighted by molar-refractivity contribution is -0.117. The highest BCUT2D eigenvalue weighted by molar-refractivity contribution is 6.30. The minimum Gasteiger partial charge on any atom is -0.489 e. The zero-order valence-corrected chi connectivity index (χ0v) is 14.8. The van der Waals surface area contributed by atoms with Gasteiger partial charge in [-0.25, -0.2) is 0 Å². The molecule has 1 aliphatic carbocycles. The zero-order valence-electron chi connectivity index (χ0n) is 14.1. The van der Waals surface area contributed by atoms with Gasteiger partial charge >= 0.3 is 0 Å². The van der Waals surface area contributed by atoms with Crippen LogP contribution >= 0.6 is 11.6 Å². The average molecular weight is 356 g/mol. The summed E-state index contributed by atoms with van der Waals surface area (Å²) in [5.41, 5.74) is 2.00. The standard InChI is InChI=1S/C21H22ClNO2/c22-18-5-3-4-17(14-18)15-25-20-11-8-16(9-12-20)10-13-21(24)23-19-6-1-2-7-19/h3-5,8-14,19H,1-2,6-7,15H2,(H,23,24)/b13-10+. The molecular weight excluding hydrogens is 334 g/mol. The van der Waals surface area contributed by atoms with Gasteiger partial charge < -0.3 is 10.1 Å². The van der Waals surface area contributed by atoms with Crippen molar-refractivity contribution in [2.24, 2.45) is 0 Å². The molecule has 0 radical (unpaired) electrons. The van der Waals surface area contributed by atoms with Crippen LogP contribution in [-0.4, -0.2) is 11.9 Å². The minimum atomic E-state index is -0.0202. The van der Waals surface area contributed by atoms with Gasteiger partial charge in [0.1, 0.15) is 12.4 Å². The Kier molecular flexibility index (Phi) is 6.13. The number of benzene rings is 2. The van der Waals surface area contributed by atoms with Crippen molar-refractivity contribution in [3.05, 3.63) is 70.8 Å². The molecule has 2 aromatic rings. The van der Waals surface area contributed by atoms with Crippen LogP contribution in [0.25, 0.3) is 6.08 Å². The Morgan fingerprint density at radius 3 is 2.64 bits per heavy atom. The summed E-state index contributed by atoms with van der Waals surface area (Å²) in [6.07, 6.45) is 8.04. The van der Waals surface area contributed by atoms with Gasteiger partial charge in [-0.3, -0.25) is 4.79 Å². The van der Waals surface area contributed by atoms with Gasteiger partial charge in [0, 0.05) is 17.1 Å². The molecule has 0 aliphatic heterocycles. The smallest absolute Gasteiger partial charge is 0.244 e. The van der Waals surface area contributed by atoms with E-state index in [1.165, 1.54) is 12.8 Å². The number of hydrogen-bond acceptors (Lipinski definition) is 2. The van der Waals surface area contributed by atoms with Crippen molar-refractivity contribution in [1.29, 1.82) is 0 Å². The maximum Gasteiger partial charge on any atom is 0.244 e. The van der Waals surface area contributed by atoms with E-state index < -0.39 is 0 Å². The lowest BCUT2D eigenvalue weighted by Crippen LogP contribution is -2.30. The second kappa shape index (κ2) is 8.72. The van der Waals surface area contributed by atoms with Crippen molar-refractivity contribution in [2.45, 2.75) is 38.3 Å². The Bertz CT molecular complexity index is 734. The lowest BCUT2D eigenvalue weighted by atomic mass is 10.2. The summed E-state index contributed by atoms with van der Waals surface area (Å²) in [7, 11) is 0. The second-order valence-corrected chi connectivity index (χ2v) is 6.75. The van der Waals surface area contributed by atoms with Crippen LogP contribution in [0.2, 0.25) is 5.02 Å². The van der Waals surface area contributed by atoms with E-state index in [2.05, 4.69) is 5.32 Å². The molecule has 0 aromatic heterocycles. The van der Waals surface area contributed by atoms with Crippen LogP contribution in [0.5, 0.6) is 5.75 Å². The zero-order chi connectivity index (χ0) is 17.5. The van der Waals surface area contributed by atoms with Crippen LogP contribution in [-0.2, 0) is 11.4 Å². The molecule has 3 rings (SSSR count). The summed E-state index contributed by atoms with van der Waals surface area (Å²) in [4.78, 5) is 11.9. The Morgan fingerprint density at radius 1 is 1.16 bits per heavy atom. The fourth-order valence-electron chi connectivity index (χ4n) is 2.96. The summed E-state index contributed by atoms with van der Waals surface area (Å²) in [6.45, 7) is 0.472. The van der Waals surface area contributed by atoms with Crippen molar-refractivity contribution in [3.8, 4) is 5.75 Å². The van der Waals surface area contributed by atoms with Crippen molar-refractivity contribution < 1.29 is 9.53 Å². The van der Waals surface area contributed by atoms with E-state index in [4.69, 9.17) is 16.3 Å². The van der Waals surface area contributed by atoms with Gasteiger partial charge in [-0.15, -0.1) is 0 Å². The number of nitrogens with one attached hydrogen (secondary N) is 1. The Balaban J connectivity index is 1.49. The van der Waals surface area contributed by atoms with Crippen molar-refractivity contribution in [3.63, 3.8) is 0 Å². The van der Waals surface area contributed by atoms with E-state index in [-0.39, 0.29) is 5.91 Å². The molecule has 0 spiro atoms. The first kappa shape index (κ1) is 17.6. The summed E-state index contributed by atoms with van der Waals surface area (Å²) < 4.78 is 5.75. The third kappa shape index (κ3) is 5.64. The number of rotatable bonds is 6. The Morgan fingerprint density at radius 2 is 1.92 bits per heavy atom. The molecule has 1 fully saturated rings. The number of hydrogen-bond donors (Lipinski definition) is 1. The highest BCUT2D eigenvalue weighted by atomic mass is 35.5. The van der Waals surface area contributed by atoms with Crippen LogP contribution in [0.3, 0.4) is 0 Å². The SMILES string of the molecule is O=C(/C=C/c1ccc(OCc2cccc(Cl)c2)cc1)NC1CCCC1. The van der Waals surface area contributed by atoms with Crippen LogP contribution in [0.4, 0.5) is 0 Å². The van der Waals surface area contributed by atoms with Gasteiger partial charge in [0.2, 0.25) is 5.91 Å². The van der Waals surface area contributed by atoms with Gasteiger partial charge in [-0.2, -0.15) is 0 Å². The number of ether oxygens (including phenoxy) is 1. The molecule has 0 atom stereocenters. The van der Waals surface area contributed by atoms with Crippen LogP contribution in [0.1, 0.15) is 36.8 Å². The van der Waals surface area contributed by atoms with Crippen molar-refractivity contribution >= 4 is 23.6 Å². The lowest BCUT2D eigenvalue weighted by Gasteiger charge is -2.09. The highest BCUT2D eigenvalue weighted by Crippen LogP contribution is 2.18. The molecule has 4 heteroatoms. The maximum atomic E-state index is 11.9. The predicted molar refractivity (Wildman–Crippen MR) is 102 cm³/mol. The van der Waals surface area contributed by atoms with Crippen LogP contribution in [0.15, 0.2) is 54.6 Å². The highest BCUT2D eigenvalue weighted by Gasteiger charge is 2.15. The average Bonchev–Trinajstić information content (AvgIpc) is 3.12. The first-order valence-corrected chi connectivity index (χ1v) is 9.03. The molecule has 3 nitrogen and oxygen atoms in total. The monoisotopic (exact) mass is 355 g/mol. The summed E-state index contributed by atoms with van der Waals surface area (Å²) >= 11 is 5.97. The Labute approximate surface area is 153 Å². The topological polar surface area (TPSA) is 38.3 Å². The molecule has 0 saturated heterocycles. The van der Waals surface area contributed by atoms with Crippen molar-refractivity contribution in [2.75, 3.05) is 0 Å². The molecule has 25 heavy (non-hydrogen) atoms. The number of amides is 1. The molecular formula is C21H22ClNO2. The van der Waals surface area contributed by atoms with E-state index in [9.17, 15) is 4.79 Å². The van der Waals surface area contributed by atoms with E-state index >= 15 is 0 Å². The number of carbonyl (C=O) groups is 1. The third-order valence-electron chi connectivity index (χ3n) is 4.30. The first-order valence-electron chi connectivity index (χ1n) is 8.65. The normalized spacial score (nSPS) is 14.8. The molecule has 1 aliphatic rings. The molecule has 2 aromatic carbocycles. The van der Waals surface area contributed by atoms with Gasteiger partial charge in [-0.1, -0.05) is 48.7 Å². The van der Waals surface area contributed by atoms with Crippen LogP contribution in [0, 0.1) is 0 Å². The van der Waals surface area contributed by atoms with E-state index in [1.807, 2.05) is 54.6 Å². The summed E-state index contributed by atoms with van der Waals surface area (Å²) in [5.74, 6) is 0.765. The molecule has 0 heterocycles. The molecule has 130 valence electrons. The molecule has 1 saturated carbocycles. The largest absolute Gasteiger partial charge is 0.489 e. The van der Waals surface area contributed by atoms with E-state index in [1.54, 1.807) is 6.08 Å². The first-order chi connectivity index (χ1) is 12.2. The van der Waals surface area contributed by atoms with E-state index in [0.29, 0.717) is 17.7 Å². The van der Waals surface area contributed by atoms with Gasteiger partial charge in [0.15, 0.2) is 0 Å². The van der Waals surface area contributed by atoms with Gasteiger partial charge in [-0.05, 0) is 54.3 Å². The van der Waals surface area contributed by atoms with E-state index in [0.717, 1.165) is 29.7 Å². The van der Waals surface area contributed by atoms with Gasteiger partial charge in [0.05, 0.1) is 0 Å². The minimum absolute atomic E-state index is 0.0202. The summed E-state index contributed by atoms with van der Waals surface area (Å²) in [5, 5.41) is 3.75. The Hall–Kier alpha value is -2.26. The molecule has 0 unspecified atom stereocenters. The molecule has 1 N–H and O–H groups in total. The molecule has 0 bridgehead atoms. The quantitative estimate of drug-likeness (QED) is 0.741. The summed E-state index contributed by atoms with van der Waals surface area (Å²) in [6, 6.07) is 15.6. The number of halogens is 1. The molecule has 1 amide bonds. The second-order valence-electron chi connectivity index (χ2n) is 6.31. The predicted octanol–water partition coefficient (Wildman–Crippen LogP) is 4.99. The number of carbonyl (C=O) groups excluding carboxylic acids is 1. The third-order valence-corrected chi connectivity index (χ3v) is 4.54.